The van der Waals surface area contributed by atoms with Gasteiger partial charge >= 0.3 is 0 Å². The number of hydrogen-bond donors (Lipinski definition) is 1. The normalized spacial score (nSPS) is 13.4. The van der Waals surface area contributed by atoms with Crippen LogP contribution in [0.5, 0.6) is 0 Å². The van der Waals surface area contributed by atoms with E-state index in [1.165, 1.54) is 23.2 Å². The fraction of sp³-hybridized carbons (Fsp3) is 0.304. The zero-order valence-corrected chi connectivity index (χ0v) is 15.7. The molecule has 4 heteroatoms. The average molecular weight is 359 g/mol. The molecule has 0 unspecified atom stereocenters. The van der Waals surface area contributed by atoms with Crippen molar-refractivity contribution in [1.29, 1.82) is 0 Å². The van der Waals surface area contributed by atoms with Gasteiger partial charge in [-0.3, -0.25) is 9.78 Å². The van der Waals surface area contributed by atoms with E-state index in [4.69, 9.17) is 0 Å². The van der Waals surface area contributed by atoms with Gasteiger partial charge in [0.05, 0.1) is 6.42 Å². The van der Waals surface area contributed by atoms with Gasteiger partial charge in [0.2, 0.25) is 5.91 Å². The van der Waals surface area contributed by atoms with Crippen LogP contribution in [-0.2, 0) is 24.2 Å². The van der Waals surface area contributed by atoms with Gasteiger partial charge in [0.15, 0.2) is 0 Å². The molecule has 4 rings (SSSR count). The monoisotopic (exact) mass is 359 g/mol. The van der Waals surface area contributed by atoms with Crippen molar-refractivity contribution in [3.63, 3.8) is 0 Å². The van der Waals surface area contributed by atoms with Crippen LogP contribution >= 0.6 is 0 Å². The smallest absolute Gasteiger partial charge is 0.224 e. The summed E-state index contributed by atoms with van der Waals surface area (Å²) in [6, 6.07) is 14.7. The van der Waals surface area contributed by atoms with E-state index in [2.05, 4.69) is 40.3 Å². The van der Waals surface area contributed by atoms with Crippen molar-refractivity contribution in [2.75, 3.05) is 18.0 Å². The summed E-state index contributed by atoms with van der Waals surface area (Å²) in [7, 11) is 0. The predicted octanol–water partition coefficient (Wildman–Crippen LogP) is 3.87. The number of hydrogen-bond acceptors (Lipinski definition) is 3. The fourth-order valence-corrected chi connectivity index (χ4v) is 3.86. The molecule has 1 aliphatic rings. The van der Waals surface area contributed by atoms with E-state index >= 15 is 0 Å². The summed E-state index contributed by atoms with van der Waals surface area (Å²) in [4.78, 5) is 19.0. The molecule has 1 N–H and O–H groups in total. The molecule has 0 spiro atoms. The van der Waals surface area contributed by atoms with Gasteiger partial charge in [0, 0.05) is 43.1 Å². The molecule has 1 amide bonds. The standard InChI is InChI=1S/C23H25N3O/c1-2-26-11-3-4-20-13-18(6-8-22(20)26)15-25-23(27)14-17-5-7-19-9-10-24-16-21(19)12-17/h5-10,12-13,16H,2-4,11,14-15H2,1H3,(H,25,27). The second-order valence-electron chi connectivity index (χ2n) is 7.16. The van der Waals surface area contributed by atoms with Crippen molar-refractivity contribution in [2.24, 2.45) is 0 Å². The van der Waals surface area contributed by atoms with Gasteiger partial charge in [0.1, 0.15) is 0 Å². The predicted molar refractivity (Wildman–Crippen MR) is 110 cm³/mol. The lowest BCUT2D eigenvalue weighted by molar-refractivity contribution is -0.120. The molecule has 0 aliphatic carbocycles. The van der Waals surface area contributed by atoms with Crippen LogP contribution in [0.1, 0.15) is 30.0 Å². The first-order valence-corrected chi connectivity index (χ1v) is 9.69. The van der Waals surface area contributed by atoms with Crippen molar-refractivity contribution < 1.29 is 4.79 Å². The molecule has 138 valence electrons. The Morgan fingerprint density at radius 2 is 2.00 bits per heavy atom. The summed E-state index contributed by atoms with van der Waals surface area (Å²) in [6.07, 6.45) is 6.34. The SMILES string of the molecule is CCN1CCCc2cc(CNC(=O)Cc3ccc4ccncc4c3)ccc21. The maximum atomic E-state index is 12.4. The third kappa shape index (κ3) is 3.95. The number of nitrogens with zero attached hydrogens (tertiary/aromatic N) is 2. The molecule has 1 aromatic heterocycles. The Kier molecular flexibility index (Phi) is 5.05. The van der Waals surface area contributed by atoms with E-state index in [9.17, 15) is 4.79 Å². The Labute approximate surface area is 160 Å². The second kappa shape index (κ2) is 7.78. The molecule has 0 saturated carbocycles. The van der Waals surface area contributed by atoms with Crippen LogP contribution in [0.4, 0.5) is 5.69 Å². The molecule has 1 aliphatic heterocycles. The number of amides is 1. The number of rotatable bonds is 5. The Morgan fingerprint density at radius 3 is 2.89 bits per heavy atom. The highest BCUT2D eigenvalue weighted by atomic mass is 16.1. The van der Waals surface area contributed by atoms with E-state index in [1.807, 2.05) is 30.5 Å². The Hall–Kier alpha value is -2.88. The second-order valence-corrected chi connectivity index (χ2v) is 7.16. The minimum Gasteiger partial charge on any atom is -0.372 e. The van der Waals surface area contributed by atoms with Gasteiger partial charge in [-0.15, -0.1) is 0 Å². The topological polar surface area (TPSA) is 45.2 Å². The molecule has 0 radical (unpaired) electrons. The number of benzene rings is 2. The van der Waals surface area contributed by atoms with E-state index in [0.717, 1.165) is 35.8 Å². The van der Waals surface area contributed by atoms with Gasteiger partial charge in [-0.1, -0.05) is 24.3 Å². The quantitative estimate of drug-likeness (QED) is 0.752. The van der Waals surface area contributed by atoms with Gasteiger partial charge < -0.3 is 10.2 Å². The van der Waals surface area contributed by atoms with Gasteiger partial charge in [0.25, 0.3) is 0 Å². The number of nitrogens with one attached hydrogen (secondary N) is 1. The first-order valence-electron chi connectivity index (χ1n) is 9.69. The maximum Gasteiger partial charge on any atom is 0.224 e. The zero-order valence-electron chi connectivity index (χ0n) is 15.7. The summed E-state index contributed by atoms with van der Waals surface area (Å²) >= 11 is 0. The third-order valence-corrected chi connectivity index (χ3v) is 5.30. The summed E-state index contributed by atoms with van der Waals surface area (Å²) in [5.41, 5.74) is 4.93. The highest BCUT2D eigenvalue weighted by Gasteiger charge is 2.15. The van der Waals surface area contributed by atoms with Crippen molar-refractivity contribution in [1.82, 2.24) is 10.3 Å². The van der Waals surface area contributed by atoms with Crippen molar-refractivity contribution >= 4 is 22.4 Å². The van der Waals surface area contributed by atoms with E-state index in [0.29, 0.717) is 13.0 Å². The highest BCUT2D eigenvalue weighted by molar-refractivity contribution is 5.84. The Morgan fingerprint density at radius 1 is 1.11 bits per heavy atom. The molecule has 4 nitrogen and oxygen atoms in total. The van der Waals surface area contributed by atoms with Gasteiger partial charge in [-0.05, 0) is 60.0 Å². The molecule has 0 fully saturated rings. The number of pyridine rings is 1. The lowest BCUT2D eigenvalue weighted by atomic mass is 9.99. The summed E-state index contributed by atoms with van der Waals surface area (Å²) in [5, 5.41) is 5.27. The maximum absolute atomic E-state index is 12.4. The van der Waals surface area contributed by atoms with E-state index in [1.54, 1.807) is 6.20 Å². The van der Waals surface area contributed by atoms with Crippen molar-refractivity contribution in [3.8, 4) is 0 Å². The molecular formula is C23H25N3O. The largest absolute Gasteiger partial charge is 0.372 e. The van der Waals surface area contributed by atoms with Gasteiger partial charge in [-0.25, -0.2) is 0 Å². The van der Waals surface area contributed by atoms with E-state index in [-0.39, 0.29) is 5.91 Å². The number of carbonyl (C=O) groups excluding carboxylic acids is 1. The molecule has 2 aromatic carbocycles. The van der Waals surface area contributed by atoms with Crippen LogP contribution in [0.15, 0.2) is 54.9 Å². The molecule has 0 atom stereocenters. The van der Waals surface area contributed by atoms with Crippen molar-refractivity contribution in [2.45, 2.75) is 32.7 Å². The molecule has 2 heterocycles. The minimum absolute atomic E-state index is 0.0474. The van der Waals surface area contributed by atoms with Crippen LogP contribution < -0.4 is 10.2 Å². The fourth-order valence-electron chi connectivity index (χ4n) is 3.86. The average Bonchev–Trinajstić information content (AvgIpc) is 2.71. The van der Waals surface area contributed by atoms with Crippen LogP contribution in [0.25, 0.3) is 10.8 Å². The van der Waals surface area contributed by atoms with Crippen molar-refractivity contribution in [3.05, 3.63) is 71.5 Å². The third-order valence-electron chi connectivity index (χ3n) is 5.30. The highest BCUT2D eigenvalue weighted by Crippen LogP contribution is 2.27. The lowest BCUT2D eigenvalue weighted by Crippen LogP contribution is -2.29. The number of aromatic nitrogens is 1. The van der Waals surface area contributed by atoms with Gasteiger partial charge in [-0.2, -0.15) is 0 Å². The molecular weight excluding hydrogens is 334 g/mol. The van der Waals surface area contributed by atoms with E-state index < -0.39 is 0 Å². The van der Waals surface area contributed by atoms with Crippen LogP contribution in [-0.4, -0.2) is 24.0 Å². The Bertz CT molecular complexity index is 967. The molecule has 3 aromatic rings. The van der Waals surface area contributed by atoms with Crippen LogP contribution in [0.3, 0.4) is 0 Å². The summed E-state index contributed by atoms with van der Waals surface area (Å²) in [5.74, 6) is 0.0474. The molecule has 0 bridgehead atoms. The number of carbonyl (C=O) groups is 1. The summed E-state index contributed by atoms with van der Waals surface area (Å²) < 4.78 is 0. The number of anilines is 1. The number of aryl methyl sites for hydroxylation is 1. The first kappa shape index (κ1) is 17.5. The minimum atomic E-state index is 0.0474. The number of fused-ring (bicyclic) bond motifs is 2. The van der Waals surface area contributed by atoms with Crippen LogP contribution in [0, 0.1) is 0 Å². The molecule has 27 heavy (non-hydrogen) atoms. The summed E-state index contributed by atoms with van der Waals surface area (Å²) in [6.45, 7) is 4.96. The lowest BCUT2D eigenvalue weighted by Gasteiger charge is -2.30. The Balaban J connectivity index is 1.38. The molecule has 0 saturated heterocycles. The zero-order chi connectivity index (χ0) is 18.6. The van der Waals surface area contributed by atoms with Crippen LogP contribution in [0.2, 0.25) is 0 Å². The first-order chi connectivity index (χ1) is 13.2.